The van der Waals surface area contributed by atoms with Gasteiger partial charge in [0, 0.05) is 12.5 Å². The van der Waals surface area contributed by atoms with Crippen LogP contribution < -0.4 is 5.32 Å². The molecule has 1 amide bonds. The van der Waals surface area contributed by atoms with Crippen LogP contribution in [0, 0.1) is 0 Å². The summed E-state index contributed by atoms with van der Waals surface area (Å²) in [7, 11) is 0. The molecule has 6 heteroatoms. The first-order chi connectivity index (χ1) is 14.1. The molecule has 0 spiro atoms. The molecule has 146 valence electrons. The Hall–Kier alpha value is -3.31. The number of aromatic hydroxyl groups is 1. The van der Waals surface area contributed by atoms with Crippen molar-refractivity contribution >= 4 is 23.8 Å². The second-order valence-electron chi connectivity index (χ2n) is 6.65. The van der Waals surface area contributed by atoms with Crippen molar-refractivity contribution in [1.29, 1.82) is 0 Å². The smallest absolute Gasteiger partial charge is 0.407 e. The molecule has 4 rings (SSSR count). The third kappa shape index (κ3) is 4.10. The van der Waals surface area contributed by atoms with E-state index in [1.54, 1.807) is 18.2 Å². The van der Waals surface area contributed by atoms with Crippen LogP contribution in [-0.4, -0.2) is 29.3 Å². The minimum atomic E-state index is -0.479. The number of halogens is 1. The number of rotatable bonds is 5. The van der Waals surface area contributed by atoms with E-state index in [4.69, 9.17) is 16.3 Å². The van der Waals surface area contributed by atoms with Crippen molar-refractivity contribution in [3.63, 3.8) is 0 Å². The number of benzene rings is 2. The highest BCUT2D eigenvalue weighted by atomic mass is 35.5. The number of aromatic nitrogens is 1. The molecule has 0 unspecified atom stereocenters. The summed E-state index contributed by atoms with van der Waals surface area (Å²) in [6.07, 6.45) is 2.96. The summed E-state index contributed by atoms with van der Waals surface area (Å²) in [5.74, 6) is -0.0346. The normalized spacial score (nSPS) is 12.6. The topological polar surface area (TPSA) is 71.5 Å². The van der Waals surface area contributed by atoms with E-state index in [0.29, 0.717) is 5.69 Å². The van der Waals surface area contributed by atoms with Gasteiger partial charge in [0.15, 0.2) is 10.9 Å². The largest absolute Gasteiger partial charge is 0.505 e. The van der Waals surface area contributed by atoms with E-state index in [2.05, 4.69) is 34.6 Å². The zero-order chi connectivity index (χ0) is 20.2. The molecule has 0 fully saturated rings. The van der Waals surface area contributed by atoms with Crippen LogP contribution in [0.15, 0.2) is 66.7 Å². The molecule has 1 aliphatic carbocycles. The Morgan fingerprint density at radius 1 is 1.07 bits per heavy atom. The third-order valence-corrected chi connectivity index (χ3v) is 5.13. The highest BCUT2D eigenvalue weighted by molar-refractivity contribution is 6.30. The number of ether oxygens (including phenoxy) is 1. The molecule has 5 nitrogen and oxygen atoms in total. The van der Waals surface area contributed by atoms with E-state index >= 15 is 0 Å². The van der Waals surface area contributed by atoms with Crippen LogP contribution in [0.1, 0.15) is 22.7 Å². The first-order valence-electron chi connectivity index (χ1n) is 9.24. The molecule has 0 atom stereocenters. The lowest BCUT2D eigenvalue weighted by Crippen LogP contribution is -2.26. The van der Waals surface area contributed by atoms with Crippen molar-refractivity contribution in [2.45, 2.75) is 5.92 Å². The molecule has 2 N–H and O–H groups in total. The molecule has 1 aromatic heterocycles. The van der Waals surface area contributed by atoms with Gasteiger partial charge in [0.05, 0.1) is 5.69 Å². The minimum Gasteiger partial charge on any atom is -0.505 e. The lowest BCUT2D eigenvalue weighted by Gasteiger charge is -2.14. The standard InChI is InChI=1S/C23H19ClN2O3/c24-22-21(27)12-11-15(26-22)6-5-13-25-23(28)29-14-20-18-9-3-1-7-16(18)17-8-2-4-10-19(17)20/h1-12,20,27H,13-14H2,(H,25,28). The Balaban J connectivity index is 1.33. The van der Waals surface area contributed by atoms with Crippen molar-refractivity contribution in [3.8, 4) is 16.9 Å². The van der Waals surface area contributed by atoms with Gasteiger partial charge in [0.2, 0.25) is 0 Å². The zero-order valence-corrected chi connectivity index (χ0v) is 16.3. The van der Waals surface area contributed by atoms with Crippen molar-refractivity contribution in [3.05, 3.63) is 88.7 Å². The average molecular weight is 407 g/mol. The minimum absolute atomic E-state index is 0.0343. The van der Waals surface area contributed by atoms with Crippen LogP contribution in [0.25, 0.3) is 17.2 Å². The summed E-state index contributed by atoms with van der Waals surface area (Å²) in [6.45, 7) is 0.565. The fraction of sp³-hybridized carbons (Fsp3) is 0.130. The molecular weight excluding hydrogens is 388 g/mol. The lowest BCUT2D eigenvalue weighted by atomic mass is 9.98. The molecule has 2 aromatic carbocycles. The Kier molecular flexibility index (Phi) is 5.49. The zero-order valence-electron chi connectivity index (χ0n) is 15.5. The predicted molar refractivity (Wildman–Crippen MR) is 113 cm³/mol. The first-order valence-corrected chi connectivity index (χ1v) is 9.62. The monoisotopic (exact) mass is 406 g/mol. The molecule has 1 aliphatic rings. The Morgan fingerprint density at radius 3 is 2.38 bits per heavy atom. The van der Waals surface area contributed by atoms with Gasteiger partial charge in [-0.05, 0) is 40.5 Å². The van der Waals surface area contributed by atoms with E-state index < -0.39 is 6.09 Å². The average Bonchev–Trinajstić information content (AvgIpc) is 3.06. The van der Waals surface area contributed by atoms with E-state index in [1.165, 1.54) is 28.3 Å². The maximum atomic E-state index is 12.1. The van der Waals surface area contributed by atoms with Gasteiger partial charge in [-0.3, -0.25) is 0 Å². The van der Waals surface area contributed by atoms with Crippen LogP contribution in [-0.2, 0) is 4.74 Å². The maximum absolute atomic E-state index is 12.1. The highest BCUT2D eigenvalue weighted by Gasteiger charge is 2.28. The van der Waals surface area contributed by atoms with Gasteiger partial charge in [0.25, 0.3) is 0 Å². The molecule has 0 radical (unpaired) electrons. The van der Waals surface area contributed by atoms with Gasteiger partial charge >= 0.3 is 6.09 Å². The Bertz CT molecular complexity index is 1040. The Morgan fingerprint density at radius 2 is 1.72 bits per heavy atom. The van der Waals surface area contributed by atoms with Gasteiger partial charge in [-0.2, -0.15) is 0 Å². The van der Waals surface area contributed by atoms with Gasteiger partial charge in [-0.1, -0.05) is 66.2 Å². The van der Waals surface area contributed by atoms with Gasteiger partial charge in [-0.25, -0.2) is 9.78 Å². The molecule has 0 bridgehead atoms. The number of hydrogen-bond donors (Lipinski definition) is 2. The van der Waals surface area contributed by atoms with Crippen LogP contribution in [0.5, 0.6) is 5.75 Å². The third-order valence-electron chi connectivity index (χ3n) is 4.85. The van der Waals surface area contributed by atoms with E-state index in [-0.39, 0.29) is 30.0 Å². The lowest BCUT2D eigenvalue weighted by molar-refractivity contribution is 0.144. The number of carbonyl (C=O) groups is 1. The predicted octanol–water partition coefficient (Wildman–Crippen LogP) is 4.99. The Labute approximate surface area is 173 Å². The second kappa shape index (κ2) is 8.37. The van der Waals surface area contributed by atoms with Crippen molar-refractivity contribution in [2.75, 3.05) is 13.2 Å². The number of nitrogens with zero attached hydrogens (tertiary/aromatic N) is 1. The summed E-state index contributed by atoms with van der Waals surface area (Å²) in [4.78, 5) is 16.1. The fourth-order valence-electron chi connectivity index (χ4n) is 3.51. The fourth-order valence-corrected chi connectivity index (χ4v) is 3.67. The first kappa shape index (κ1) is 19.0. The highest BCUT2D eigenvalue weighted by Crippen LogP contribution is 2.44. The molecular formula is C23H19ClN2O3. The number of nitrogens with one attached hydrogen (secondary N) is 1. The van der Waals surface area contributed by atoms with Gasteiger partial charge in [0.1, 0.15) is 6.61 Å². The summed E-state index contributed by atoms with van der Waals surface area (Å²) in [6, 6.07) is 19.5. The van der Waals surface area contributed by atoms with Crippen LogP contribution in [0.4, 0.5) is 4.79 Å². The van der Waals surface area contributed by atoms with Crippen LogP contribution in [0.3, 0.4) is 0 Å². The number of amides is 1. The summed E-state index contributed by atoms with van der Waals surface area (Å²) < 4.78 is 5.47. The molecule has 0 saturated heterocycles. The quantitative estimate of drug-likeness (QED) is 0.585. The molecule has 1 heterocycles. The number of alkyl carbamates (subject to hydrolysis) is 1. The summed E-state index contributed by atoms with van der Waals surface area (Å²) in [5.41, 5.74) is 5.33. The van der Waals surface area contributed by atoms with E-state index in [1.807, 2.05) is 24.3 Å². The SMILES string of the molecule is O=C(NCC=Cc1ccc(O)c(Cl)n1)OCC1c2ccccc2-c2ccccc21. The van der Waals surface area contributed by atoms with Crippen LogP contribution in [0.2, 0.25) is 5.15 Å². The van der Waals surface area contributed by atoms with E-state index in [9.17, 15) is 9.90 Å². The van der Waals surface area contributed by atoms with Crippen molar-refractivity contribution in [2.24, 2.45) is 0 Å². The maximum Gasteiger partial charge on any atom is 0.407 e. The number of pyridine rings is 1. The molecule has 29 heavy (non-hydrogen) atoms. The molecule has 0 saturated carbocycles. The second-order valence-corrected chi connectivity index (χ2v) is 7.01. The van der Waals surface area contributed by atoms with E-state index in [0.717, 1.165) is 0 Å². The van der Waals surface area contributed by atoms with Gasteiger partial charge < -0.3 is 15.2 Å². The number of hydrogen-bond acceptors (Lipinski definition) is 4. The number of carbonyl (C=O) groups excluding carboxylic acids is 1. The molecule has 3 aromatic rings. The van der Waals surface area contributed by atoms with Crippen molar-refractivity contribution < 1.29 is 14.6 Å². The van der Waals surface area contributed by atoms with Crippen LogP contribution >= 0.6 is 11.6 Å². The molecule has 0 aliphatic heterocycles. The van der Waals surface area contributed by atoms with Gasteiger partial charge in [-0.15, -0.1) is 0 Å². The summed E-state index contributed by atoms with van der Waals surface area (Å²) >= 11 is 5.77. The number of fused-ring (bicyclic) bond motifs is 3. The summed E-state index contributed by atoms with van der Waals surface area (Å²) in [5, 5.41) is 12.1. The van der Waals surface area contributed by atoms with Crippen molar-refractivity contribution in [1.82, 2.24) is 10.3 Å².